The van der Waals surface area contributed by atoms with Gasteiger partial charge < -0.3 is 21.7 Å². The molecular formula is C11H11N5O2. The van der Waals surface area contributed by atoms with Gasteiger partial charge in [0.15, 0.2) is 17.4 Å². The lowest BCUT2D eigenvalue weighted by Crippen LogP contribution is -1.96. The number of rotatable bonds is 2. The number of benzene rings is 1. The Kier molecular flexibility index (Phi) is 2.96. The van der Waals surface area contributed by atoms with Gasteiger partial charge in [-0.25, -0.2) is 4.98 Å². The Morgan fingerprint density at radius 2 is 1.61 bits per heavy atom. The van der Waals surface area contributed by atoms with Crippen molar-refractivity contribution in [2.45, 2.75) is 0 Å². The van der Waals surface area contributed by atoms with Crippen molar-refractivity contribution in [1.29, 1.82) is 0 Å². The molecule has 0 fully saturated rings. The number of azo groups is 1. The molecule has 6 N–H and O–H groups in total. The average molecular weight is 245 g/mol. The van der Waals surface area contributed by atoms with Crippen molar-refractivity contribution in [2.24, 2.45) is 10.2 Å². The van der Waals surface area contributed by atoms with Crippen molar-refractivity contribution in [3.05, 3.63) is 30.3 Å². The molecule has 0 aliphatic rings. The van der Waals surface area contributed by atoms with E-state index in [0.717, 1.165) is 0 Å². The van der Waals surface area contributed by atoms with Crippen LogP contribution >= 0.6 is 0 Å². The summed E-state index contributed by atoms with van der Waals surface area (Å²) in [5.41, 5.74) is 11.7. The van der Waals surface area contributed by atoms with Crippen LogP contribution in [0.5, 0.6) is 11.5 Å². The lowest BCUT2D eigenvalue weighted by atomic mass is 10.3. The van der Waals surface area contributed by atoms with Crippen molar-refractivity contribution >= 4 is 23.0 Å². The van der Waals surface area contributed by atoms with Crippen LogP contribution in [-0.2, 0) is 0 Å². The highest BCUT2D eigenvalue weighted by molar-refractivity contribution is 5.65. The highest BCUT2D eigenvalue weighted by atomic mass is 16.3. The first-order valence-electron chi connectivity index (χ1n) is 5.02. The molecule has 7 heteroatoms. The minimum Gasteiger partial charge on any atom is -0.508 e. The maximum atomic E-state index is 9.38. The zero-order valence-electron chi connectivity index (χ0n) is 9.28. The molecule has 2 rings (SSSR count). The van der Waals surface area contributed by atoms with Gasteiger partial charge in [-0.2, -0.15) is 5.11 Å². The quantitative estimate of drug-likeness (QED) is 0.601. The molecule has 7 nitrogen and oxygen atoms in total. The summed E-state index contributed by atoms with van der Waals surface area (Å²) in [6.07, 6.45) is 0. The Bertz CT molecular complexity index is 595. The van der Waals surface area contributed by atoms with E-state index in [1.165, 1.54) is 18.2 Å². The molecule has 0 aliphatic heterocycles. The van der Waals surface area contributed by atoms with Crippen LogP contribution in [0.25, 0.3) is 0 Å². The summed E-state index contributed by atoms with van der Waals surface area (Å²) in [6, 6.07) is 7.41. The first-order valence-corrected chi connectivity index (χ1v) is 5.02. The predicted molar refractivity (Wildman–Crippen MR) is 67.0 cm³/mol. The van der Waals surface area contributed by atoms with Gasteiger partial charge in [0.05, 0.1) is 5.69 Å². The lowest BCUT2D eigenvalue weighted by molar-refractivity contribution is 0.475. The molecule has 0 aliphatic carbocycles. The molecule has 0 bridgehead atoms. The molecule has 0 amide bonds. The summed E-state index contributed by atoms with van der Waals surface area (Å²) >= 11 is 0. The van der Waals surface area contributed by atoms with E-state index in [2.05, 4.69) is 15.2 Å². The van der Waals surface area contributed by atoms with Crippen LogP contribution in [0.15, 0.2) is 40.6 Å². The third-order valence-corrected chi connectivity index (χ3v) is 2.16. The summed E-state index contributed by atoms with van der Waals surface area (Å²) in [5.74, 6) is -0.0481. The molecule has 0 saturated heterocycles. The highest BCUT2D eigenvalue weighted by Crippen LogP contribution is 2.30. The number of nitrogens with two attached hydrogens (primary N) is 2. The largest absolute Gasteiger partial charge is 0.508 e. The van der Waals surface area contributed by atoms with E-state index in [9.17, 15) is 5.11 Å². The van der Waals surface area contributed by atoms with Crippen molar-refractivity contribution < 1.29 is 10.2 Å². The van der Waals surface area contributed by atoms with Gasteiger partial charge in [0.25, 0.3) is 0 Å². The minimum absolute atomic E-state index is 0.0592. The zero-order chi connectivity index (χ0) is 13.1. The van der Waals surface area contributed by atoms with E-state index in [0.29, 0.717) is 5.69 Å². The van der Waals surface area contributed by atoms with E-state index < -0.39 is 0 Å². The van der Waals surface area contributed by atoms with E-state index in [1.807, 2.05) is 0 Å². The Balaban J connectivity index is 2.28. The fourth-order valence-corrected chi connectivity index (χ4v) is 1.23. The van der Waals surface area contributed by atoms with Gasteiger partial charge >= 0.3 is 0 Å². The van der Waals surface area contributed by atoms with Gasteiger partial charge in [-0.1, -0.05) is 0 Å². The Hall–Kier alpha value is -2.83. The maximum Gasteiger partial charge on any atom is 0.168 e. The SMILES string of the molecule is Nc1nc(N)c(/N=N/c2ccc(O)cc2)cc1O. The van der Waals surface area contributed by atoms with Crippen LogP contribution in [0.3, 0.4) is 0 Å². The Morgan fingerprint density at radius 1 is 0.944 bits per heavy atom. The van der Waals surface area contributed by atoms with Crippen LogP contribution in [0.1, 0.15) is 0 Å². The minimum atomic E-state index is -0.205. The van der Waals surface area contributed by atoms with Crippen LogP contribution in [0.4, 0.5) is 23.0 Å². The molecule has 0 radical (unpaired) electrons. The van der Waals surface area contributed by atoms with Crippen molar-refractivity contribution in [2.75, 3.05) is 11.5 Å². The number of phenolic OH excluding ortho intramolecular Hbond substituents is 1. The molecule has 2 aromatic rings. The second-order valence-electron chi connectivity index (χ2n) is 3.51. The molecule has 18 heavy (non-hydrogen) atoms. The molecule has 1 aromatic heterocycles. The van der Waals surface area contributed by atoms with E-state index >= 15 is 0 Å². The standard InChI is InChI=1S/C11H11N5O2/c12-10-8(5-9(18)11(13)14-10)16-15-6-1-3-7(17)4-2-6/h1-5,17-18H,(H4,12,13,14)/b16-15+. The second-order valence-corrected chi connectivity index (χ2v) is 3.51. The van der Waals surface area contributed by atoms with Gasteiger partial charge in [-0.15, -0.1) is 5.11 Å². The molecule has 92 valence electrons. The topological polar surface area (TPSA) is 130 Å². The number of hydrogen-bond acceptors (Lipinski definition) is 7. The first-order chi connectivity index (χ1) is 8.56. The van der Waals surface area contributed by atoms with Gasteiger partial charge in [0, 0.05) is 6.07 Å². The third kappa shape index (κ3) is 2.46. The summed E-state index contributed by atoms with van der Waals surface area (Å²) in [4.78, 5) is 3.71. The van der Waals surface area contributed by atoms with Gasteiger partial charge in [-0.3, -0.25) is 0 Å². The molecule has 0 spiro atoms. The number of pyridine rings is 1. The molecule has 0 unspecified atom stereocenters. The molecular weight excluding hydrogens is 234 g/mol. The zero-order valence-corrected chi connectivity index (χ0v) is 9.28. The van der Waals surface area contributed by atoms with E-state index in [4.69, 9.17) is 16.6 Å². The summed E-state index contributed by atoms with van der Waals surface area (Å²) in [6.45, 7) is 0. The number of aromatic hydroxyl groups is 2. The van der Waals surface area contributed by atoms with Crippen LogP contribution in [0, 0.1) is 0 Å². The van der Waals surface area contributed by atoms with E-state index in [1.54, 1.807) is 12.1 Å². The smallest absolute Gasteiger partial charge is 0.168 e. The van der Waals surface area contributed by atoms with Crippen LogP contribution in [0.2, 0.25) is 0 Å². The number of nitrogen functional groups attached to an aromatic ring is 2. The summed E-state index contributed by atoms with van der Waals surface area (Å²) in [5, 5.41) is 26.2. The first kappa shape index (κ1) is 11.6. The molecule has 1 heterocycles. The normalized spacial score (nSPS) is 10.9. The number of phenols is 1. The molecule has 0 atom stereocenters. The fourth-order valence-electron chi connectivity index (χ4n) is 1.23. The molecule has 0 saturated carbocycles. The monoisotopic (exact) mass is 245 g/mol. The number of hydrogen-bond donors (Lipinski definition) is 4. The number of anilines is 2. The second kappa shape index (κ2) is 4.58. The Labute approximate surface area is 102 Å². The van der Waals surface area contributed by atoms with E-state index in [-0.39, 0.29) is 28.8 Å². The lowest BCUT2D eigenvalue weighted by Gasteiger charge is -2.02. The average Bonchev–Trinajstić information content (AvgIpc) is 2.34. The summed E-state index contributed by atoms with van der Waals surface area (Å²) in [7, 11) is 0. The highest BCUT2D eigenvalue weighted by Gasteiger charge is 2.05. The van der Waals surface area contributed by atoms with Crippen LogP contribution in [-0.4, -0.2) is 15.2 Å². The summed E-state index contributed by atoms with van der Waals surface area (Å²) < 4.78 is 0. The maximum absolute atomic E-state index is 9.38. The predicted octanol–water partition coefficient (Wildman–Crippen LogP) is 2.07. The fraction of sp³-hybridized carbons (Fsp3) is 0. The number of aromatic nitrogens is 1. The van der Waals surface area contributed by atoms with Crippen LogP contribution < -0.4 is 11.5 Å². The van der Waals surface area contributed by atoms with Crippen molar-refractivity contribution in [3.63, 3.8) is 0 Å². The Morgan fingerprint density at radius 3 is 2.28 bits per heavy atom. The third-order valence-electron chi connectivity index (χ3n) is 2.16. The van der Waals surface area contributed by atoms with Gasteiger partial charge in [0.1, 0.15) is 11.4 Å². The van der Waals surface area contributed by atoms with Crippen molar-refractivity contribution in [3.8, 4) is 11.5 Å². The van der Waals surface area contributed by atoms with Gasteiger partial charge in [-0.05, 0) is 24.3 Å². The number of nitrogens with zero attached hydrogens (tertiary/aromatic N) is 3. The van der Waals surface area contributed by atoms with Gasteiger partial charge in [0.2, 0.25) is 0 Å². The van der Waals surface area contributed by atoms with Crippen molar-refractivity contribution in [1.82, 2.24) is 4.98 Å². The molecule has 1 aromatic carbocycles.